The Kier molecular flexibility index (Phi) is 6.40. The third kappa shape index (κ3) is 4.51. The predicted octanol–water partition coefficient (Wildman–Crippen LogP) is 4.95. The van der Waals surface area contributed by atoms with Gasteiger partial charge in [0.1, 0.15) is 0 Å². The zero-order chi connectivity index (χ0) is 22.8. The van der Waals surface area contributed by atoms with Gasteiger partial charge in [-0.3, -0.25) is 14.5 Å². The van der Waals surface area contributed by atoms with Gasteiger partial charge < -0.3 is 4.90 Å². The zero-order valence-corrected chi connectivity index (χ0v) is 19.6. The number of piperazine rings is 1. The maximum absolute atomic E-state index is 13.4. The summed E-state index contributed by atoms with van der Waals surface area (Å²) in [6.45, 7) is 2.95. The van der Waals surface area contributed by atoms with Crippen LogP contribution in [-0.4, -0.2) is 48.9 Å². The molecule has 3 aromatic carbocycles. The van der Waals surface area contributed by atoms with Crippen LogP contribution < -0.4 is 9.80 Å². The molecule has 0 saturated carbocycles. The molecule has 2 aliphatic rings. The van der Waals surface area contributed by atoms with E-state index in [9.17, 15) is 9.59 Å². The number of anilines is 2. The number of imide groups is 1. The van der Waals surface area contributed by atoms with E-state index in [2.05, 4.69) is 9.80 Å². The van der Waals surface area contributed by atoms with Crippen LogP contribution >= 0.6 is 23.4 Å². The van der Waals surface area contributed by atoms with Gasteiger partial charge in [-0.2, -0.15) is 0 Å². The minimum Gasteiger partial charge on any atom is -0.368 e. The molecule has 0 unspecified atom stereocenters. The lowest BCUT2D eigenvalue weighted by Gasteiger charge is -2.38. The van der Waals surface area contributed by atoms with Gasteiger partial charge in [0.25, 0.3) is 5.91 Å². The highest BCUT2D eigenvalue weighted by Gasteiger charge is 2.44. The molecule has 5 nitrogen and oxygen atoms in total. The Labute approximate surface area is 202 Å². The van der Waals surface area contributed by atoms with Crippen molar-refractivity contribution in [1.82, 2.24) is 4.90 Å². The van der Waals surface area contributed by atoms with Crippen molar-refractivity contribution in [3.63, 3.8) is 0 Å². The van der Waals surface area contributed by atoms with Crippen LogP contribution in [0.15, 0.2) is 88.7 Å². The highest BCUT2D eigenvalue weighted by atomic mass is 35.5. The maximum Gasteiger partial charge on any atom is 0.251 e. The fraction of sp³-hybridized carbons (Fsp3) is 0.231. The lowest BCUT2D eigenvalue weighted by atomic mass is 10.1. The number of halogens is 1. The lowest BCUT2D eigenvalue weighted by molar-refractivity contribution is -0.123. The van der Waals surface area contributed by atoms with E-state index in [1.54, 1.807) is 11.8 Å². The molecular weight excluding hydrogens is 454 g/mol. The van der Waals surface area contributed by atoms with Crippen molar-refractivity contribution in [2.75, 3.05) is 36.0 Å². The number of hydrogen-bond acceptors (Lipinski definition) is 5. The molecular formula is C26H24ClN3O2S. The molecule has 1 atom stereocenters. The summed E-state index contributed by atoms with van der Waals surface area (Å²) in [5, 5.41) is 0.733. The molecule has 2 heterocycles. The summed E-state index contributed by atoms with van der Waals surface area (Å²) < 4.78 is 0. The monoisotopic (exact) mass is 477 g/mol. The molecule has 2 aliphatic heterocycles. The first-order valence-corrected chi connectivity index (χ1v) is 12.2. The van der Waals surface area contributed by atoms with E-state index in [0.717, 1.165) is 33.6 Å². The van der Waals surface area contributed by atoms with Gasteiger partial charge in [-0.1, -0.05) is 65.8 Å². The Hall–Kier alpha value is -2.80. The summed E-state index contributed by atoms with van der Waals surface area (Å²) in [5.74, 6) is -0.271. The minimum atomic E-state index is -0.416. The summed E-state index contributed by atoms with van der Waals surface area (Å²) in [6, 6.07) is 25.0. The molecule has 33 heavy (non-hydrogen) atoms. The van der Waals surface area contributed by atoms with Crippen molar-refractivity contribution in [1.29, 1.82) is 0 Å². The molecule has 2 fully saturated rings. The standard InChI is InChI=1S/C26H24ClN3O2S/c27-20-10-4-5-11-21(20)28-14-16-29(17-15-28)23-18-25(31)30(26(23)32)22-12-6-7-13-24(22)33-19-8-2-1-3-9-19/h1-13,23H,14-18H2/t23-/m0/s1. The second-order valence-electron chi connectivity index (χ2n) is 8.14. The van der Waals surface area contributed by atoms with Gasteiger partial charge in [0, 0.05) is 36.0 Å². The number of hydrogen-bond donors (Lipinski definition) is 0. The number of carbonyl (C=O) groups is 2. The first-order chi connectivity index (χ1) is 16.1. The topological polar surface area (TPSA) is 43.9 Å². The van der Waals surface area contributed by atoms with Crippen LogP contribution in [0.1, 0.15) is 6.42 Å². The average Bonchev–Trinajstić information content (AvgIpc) is 3.14. The Morgan fingerprint density at radius 2 is 1.39 bits per heavy atom. The summed E-state index contributed by atoms with van der Waals surface area (Å²) >= 11 is 7.92. The van der Waals surface area contributed by atoms with E-state index in [0.29, 0.717) is 18.8 Å². The molecule has 3 aromatic rings. The van der Waals surface area contributed by atoms with Crippen LogP contribution in [0, 0.1) is 0 Å². The van der Waals surface area contributed by atoms with Crippen LogP contribution in [0.4, 0.5) is 11.4 Å². The van der Waals surface area contributed by atoms with E-state index >= 15 is 0 Å². The molecule has 0 bridgehead atoms. The molecule has 2 saturated heterocycles. The normalized spacial score (nSPS) is 19.4. The summed E-state index contributed by atoms with van der Waals surface area (Å²) in [4.78, 5) is 34.2. The van der Waals surface area contributed by atoms with Gasteiger partial charge in [0.15, 0.2) is 0 Å². The third-order valence-electron chi connectivity index (χ3n) is 6.15. The Morgan fingerprint density at radius 3 is 2.12 bits per heavy atom. The van der Waals surface area contributed by atoms with Crippen molar-refractivity contribution >= 4 is 46.6 Å². The molecule has 0 aromatic heterocycles. The van der Waals surface area contributed by atoms with Crippen molar-refractivity contribution in [2.45, 2.75) is 22.3 Å². The quantitative estimate of drug-likeness (QED) is 0.487. The summed E-state index contributed by atoms with van der Waals surface area (Å²) in [5.41, 5.74) is 1.68. The highest BCUT2D eigenvalue weighted by molar-refractivity contribution is 7.99. The lowest BCUT2D eigenvalue weighted by Crippen LogP contribution is -2.52. The molecule has 5 rings (SSSR count). The number of rotatable bonds is 5. The number of nitrogens with zero attached hydrogens (tertiary/aromatic N) is 3. The minimum absolute atomic E-state index is 0.132. The van der Waals surface area contributed by atoms with Crippen LogP contribution in [0.25, 0.3) is 0 Å². The van der Waals surface area contributed by atoms with Crippen molar-refractivity contribution < 1.29 is 9.59 Å². The Balaban J connectivity index is 1.31. The summed E-state index contributed by atoms with van der Waals surface area (Å²) in [6.07, 6.45) is 0.218. The molecule has 0 spiro atoms. The maximum atomic E-state index is 13.4. The second-order valence-corrected chi connectivity index (χ2v) is 9.67. The van der Waals surface area contributed by atoms with Crippen LogP contribution in [-0.2, 0) is 9.59 Å². The number of benzene rings is 3. The van der Waals surface area contributed by atoms with Gasteiger partial charge in [-0.05, 0) is 36.4 Å². The van der Waals surface area contributed by atoms with Crippen LogP contribution in [0.5, 0.6) is 0 Å². The van der Waals surface area contributed by atoms with Crippen LogP contribution in [0.2, 0.25) is 5.02 Å². The largest absolute Gasteiger partial charge is 0.368 e. The van der Waals surface area contributed by atoms with E-state index in [1.807, 2.05) is 78.9 Å². The third-order valence-corrected chi connectivity index (χ3v) is 7.54. The smallest absolute Gasteiger partial charge is 0.251 e. The van der Waals surface area contributed by atoms with E-state index in [-0.39, 0.29) is 18.2 Å². The molecule has 0 radical (unpaired) electrons. The molecule has 7 heteroatoms. The average molecular weight is 478 g/mol. The van der Waals surface area contributed by atoms with Gasteiger partial charge in [0.2, 0.25) is 5.91 Å². The Morgan fingerprint density at radius 1 is 0.758 bits per heavy atom. The SMILES string of the molecule is O=C1C[C@H](N2CCN(c3ccccc3Cl)CC2)C(=O)N1c1ccccc1Sc1ccccc1. The van der Waals surface area contributed by atoms with Crippen molar-refractivity contribution in [3.8, 4) is 0 Å². The van der Waals surface area contributed by atoms with Gasteiger partial charge in [0.05, 0.1) is 28.9 Å². The van der Waals surface area contributed by atoms with E-state index in [1.165, 1.54) is 4.90 Å². The molecule has 0 aliphatic carbocycles. The molecule has 168 valence electrons. The van der Waals surface area contributed by atoms with Gasteiger partial charge in [-0.25, -0.2) is 4.90 Å². The summed E-state index contributed by atoms with van der Waals surface area (Å²) in [7, 11) is 0. The first-order valence-electron chi connectivity index (χ1n) is 11.0. The number of amides is 2. The van der Waals surface area contributed by atoms with Crippen molar-refractivity contribution in [3.05, 3.63) is 83.9 Å². The highest BCUT2D eigenvalue weighted by Crippen LogP contribution is 2.38. The van der Waals surface area contributed by atoms with Crippen molar-refractivity contribution in [2.24, 2.45) is 0 Å². The Bertz CT molecular complexity index is 1160. The first kappa shape index (κ1) is 22.0. The van der Waals surface area contributed by atoms with Gasteiger partial charge >= 0.3 is 0 Å². The fourth-order valence-corrected chi connectivity index (χ4v) is 5.69. The molecule has 0 N–H and O–H groups in total. The number of para-hydroxylation sites is 2. The van der Waals surface area contributed by atoms with E-state index in [4.69, 9.17) is 11.6 Å². The van der Waals surface area contributed by atoms with E-state index < -0.39 is 6.04 Å². The fourth-order valence-electron chi connectivity index (χ4n) is 4.48. The number of carbonyl (C=O) groups excluding carboxylic acids is 2. The zero-order valence-electron chi connectivity index (χ0n) is 18.1. The van der Waals surface area contributed by atoms with Crippen LogP contribution in [0.3, 0.4) is 0 Å². The second kappa shape index (κ2) is 9.59. The predicted molar refractivity (Wildman–Crippen MR) is 133 cm³/mol. The van der Waals surface area contributed by atoms with Gasteiger partial charge in [-0.15, -0.1) is 0 Å². The molecule has 2 amide bonds.